The summed E-state index contributed by atoms with van der Waals surface area (Å²) in [6.45, 7) is 2.30. The Hall–Kier alpha value is -1.76. The molecule has 2 rings (SSSR count). The summed E-state index contributed by atoms with van der Waals surface area (Å²) in [6, 6.07) is 4.62. The van der Waals surface area contributed by atoms with Crippen LogP contribution in [0.2, 0.25) is 0 Å². The topological polar surface area (TPSA) is 47.2 Å². The second-order valence-electron chi connectivity index (χ2n) is 4.83. The van der Waals surface area contributed by atoms with Gasteiger partial charge in [0.05, 0.1) is 5.52 Å². The highest BCUT2D eigenvalue weighted by Gasteiger charge is 2.28. The third kappa shape index (κ3) is 3.47. The number of oxazole rings is 1. The fourth-order valence-electron chi connectivity index (χ4n) is 2.38. The summed E-state index contributed by atoms with van der Waals surface area (Å²) in [4.78, 5) is 11.6. The van der Waals surface area contributed by atoms with E-state index in [4.69, 9.17) is 4.42 Å². The summed E-state index contributed by atoms with van der Waals surface area (Å²) in [5.74, 6) is -0.457. The van der Waals surface area contributed by atoms with Crippen LogP contribution in [0.4, 0.5) is 13.2 Å². The van der Waals surface area contributed by atoms with E-state index in [-0.39, 0.29) is 6.42 Å². The van der Waals surface area contributed by atoms with Gasteiger partial charge in [-0.05, 0) is 38.1 Å². The molecule has 21 heavy (non-hydrogen) atoms. The van der Waals surface area contributed by atoms with Crippen LogP contribution in [-0.2, 0) is 6.54 Å². The van der Waals surface area contributed by atoms with Gasteiger partial charge in [0.1, 0.15) is 0 Å². The number of hydrogen-bond acceptors (Lipinski definition) is 3. The van der Waals surface area contributed by atoms with E-state index >= 15 is 0 Å². The first-order valence-electron chi connectivity index (χ1n) is 6.73. The molecule has 1 heterocycles. The number of nitrogens with one attached hydrogen (secondary N) is 1. The lowest BCUT2D eigenvalue weighted by molar-refractivity contribution is -0.136. The molecule has 7 heteroatoms. The van der Waals surface area contributed by atoms with E-state index in [9.17, 15) is 18.0 Å². The zero-order chi connectivity index (χ0) is 15.6. The van der Waals surface area contributed by atoms with Gasteiger partial charge in [-0.25, -0.2) is 4.79 Å². The lowest BCUT2D eigenvalue weighted by atomic mass is 10.0. The molecule has 1 aromatic carbocycles. The maximum atomic E-state index is 12.3. The van der Waals surface area contributed by atoms with Crippen molar-refractivity contribution in [1.29, 1.82) is 0 Å². The minimum absolute atomic E-state index is 0.0653. The van der Waals surface area contributed by atoms with Crippen LogP contribution in [0.1, 0.15) is 31.4 Å². The minimum atomic E-state index is -4.18. The molecule has 0 bridgehead atoms. The summed E-state index contributed by atoms with van der Waals surface area (Å²) in [6.07, 6.45) is -5.11. The summed E-state index contributed by atoms with van der Waals surface area (Å²) < 4.78 is 43.6. The van der Waals surface area contributed by atoms with Gasteiger partial charge in [-0.2, -0.15) is 13.2 Å². The molecular weight excluding hydrogens is 285 g/mol. The number of benzene rings is 1. The molecule has 1 unspecified atom stereocenters. The van der Waals surface area contributed by atoms with Crippen LogP contribution in [-0.4, -0.2) is 17.8 Å². The molecule has 0 aliphatic rings. The number of aryl methyl sites for hydroxylation is 1. The van der Waals surface area contributed by atoms with Crippen LogP contribution in [0.15, 0.2) is 27.4 Å². The Bertz CT molecular complexity index is 673. The average molecular weight is 302 g/mol. The summed E-state index contributed by atoms with van der Waals surface area (Å²) >= 11 is 0. The zero-order valence-corrected chi connectivity index (χ0v) is 11.8. The molecular formula is C14H17F3N2O2. The van der Waals surface area contributed by atoms with Gasteiger partial charge in [-0.1, -0.05) is 6.07 Å². The number of rotatable bonds is 5. The van der Waals surface area contributed by atoms with E-state index < -0.39 is 24.4 Å². The van der Waals surface area contributed by atoms with Crippen LogP contribution < -0.4 is 11.1 Å². The Labute approximate surface area is 119 Å². The normalized spacial score (nSPS) is 13.8. The number of hydrogen-bond donors (Lipinski definition) is 1. The molecule has 1 aromatic heterocycles. The molecule has 0 fully saturated rings. The molecule has 4 nitrogen and oxygen atoms in total. The van der Waals surface area contributed by atoms with Crippen LogP contribution in [0.5, 0.6) is 0 Å². The fraction of sp³-hybridized carbons (Fsp3) is 0.500. The van der Waals surface area contributed by atoms with Crippen molar-refractivity contribution in [2.75, 3.05) is 7.05 Å². The number of aromatic nitrogens is 1. The average Bonchev–Trinajstić information content (AvgIpc) is 2.72. The van der Waals surface area contributed by atoms with Crippen molar-refractivity contribution < 1.29 is 17.6 Å². The van der Waals surface area contributed by atoms with Crippen molar-refractivity contribution in [3.8, 4) is 0 Å². The van der Waals surface area contributed by atoms with Crippen molar-refractivity contribution in [2.45, 2.75) is 38.5 Å². The Balaban J connectivity index is 2.30. The zero-order valence-electron chi connectivity index (χ0n) is 11.8. The third-order valence-electron chi connectivity index (χ3n) is 3.48. The van der Waals surface area contributed by atoms with Crippen LogP contribution in [0, 0.1) is 0 Å². The predicted octanol–water partition coefficient (Wildman–Crippen LogP) is 3.22. The van der Waals surface area contributed by atoms with Crippen molar-refractivity contribution in [3.63, 3.8) is 0 Å². The Kier molecular flexibility index (Phi) is 4.41. The van der Waals surface area contributed by atoms with E-state index in [1.54, 1.807) is 25.2 Å². The fourth-order valence-corrected chi connectivity index (χ4v) is 2.38. The van der Waals surface area contributed by atoms with Gasteiger partial charge >= 0.3 is 11.9 Å². The highest BCUT2D eigenvalue weighted by Crippen LogP contribution is 2.28. The first-order valence-corrected chi connectivity index (χ1v) is 6.73. The van der Waals surface area contributed by atoms with Gasteiger partial charge in [-0.15, -0.1) is 0 Å². The highest BCUT2D eigenvalue weighted by atomic mass is 19.4. The molecule has 116 valence electrons. The van der Waals surface area contributed by atoms with E-state index in [1.165, 1.54) is 4.57 Å². The number of alkyl halides is 3. The first-order chi connectivity index (χ1) is 9.85. The van der Waals surface area contributed by atoms with Crippen molar-refractivity contribution >= 4 is 11.1 Å². The quantitative estimate of drug-likeness (QED) is 0.922. The molecule has 1 atom stereocenters. The van der Waals surface area contributed by atoms with Gasteiger partial charge in [0.25, 0.3) is 0 Å². The molecule has 0 saturated carbocycles. The highest BCUT2D eigenvalue weighted by molar-refractivity contribution is 5.73. The monoisotopic (exact) mass is 302 g/mol. The van der Waals surface area contributed by atoms with Crippen molar-refractivity contribution in [1.82, 2.24) is 9.88 Å². The van der Waals surface area contributed by atoms with Crippen molar-refractivity contribution in [3.05, 3.63) is 34.3 Å². The number of halogens is 3. The van der Waals surface area contributed by atoms with Crippen molar-refractivity contribution in [2.24, 2.45) is 0 Å². The van der Waals surface area contributed by atoms with Gasteiger partial charge in [-0.3, -0.25) is 4.57 Å². The minimum Gasteiger partial charge on any atom is -0.408 e. The standard InChI is InChI=1S/C14H17F3N2O2/c1-3-19-11-5-4-9(8-12(11)21-13(19)20)10(18-2)6-7-14(15,16)17/h4-5,8,10,18H,3,6-7H2,1-2H3. The maximum Gasteiger partial charge on any atom is 0.419 e. The molecule has 0 radical (unpaired) electrons. The van der Waals surface area contributed by atoms with E-state index in [2.05, 4.69) is 5.32 Å². The molecule has 1 N–H and O–H groups in total. The molecule has 2 aromatic rings. The lowest BCUT2D eigenvalue weighted by Crippen LogP contribution is -2.19. The Morgan fingerprint density at radius 1 is 1.38 bits per heavy atom. The second kappa shape index (κ2) is 5.93. The Morgan fingerprint density at radius 3 is 2.67 bits per heavy atom. The van der Waals surface area contributed by atoms with Gasteiger partial charge in [0.2, 0.25) is 0 Å². The first kappa shape index (κ1) is 15.6. The van der Waals surface area contributed by atoms with Gasteiger partial charge in [0.15, 0.2) is 5.58 Å². The SMILES string of the molecule is CCn1c(=O)oc2cc(C(CCC(F)(F)F)NC)ccc21. The van der Waals surface area contributed by atoms with E-state index in [0.717, 1.165) is 0 Å². The van der Waals surface area contributed by atoms with Crippen LogP contribution >= 0.6 is 0 Å². The van der Waals surface area contributed by atoms with E-state index in [0.29, 0.717) is 23.2 Å². The van der Waals surface area contributed by atoms with E-state index in [1.807, 2.05) is 6.92 Å². The predicted molar refractivity (Wildman–Crippen MR) is 73.2 cm³/mol. The van der Waals surface area contributed by atoms with Crippen LogP contribution in [0.25, 0.3) is 11.1 Å². The Morgan fingerprint density at radius 2 is 2.10 bits per heavy atom. The second-order valence-corrected chi connectivity index (χ2v) is 4.83. The van der Waals surface area contributed by atoms with Gasteiger partial charge in [0, 0.05) is 19.0 Å². The number of nitrogens with zero attached hydrogens (tertiary/aromatic N) is 1. The molecule has 0 spiro atoms. The molecule has 0 aliphatic heterocycles. The number of fused-ring (bicyclic) bond motifs is 1. The largest absolute Gasteiger partial charge is 0.419 e. The maximum absolute atomic E-state index is 12.3. The molecule has 0 saturated heterocycles. The third-order valence-corrected chi connectivity index (χ3v) is 3.48. The lowest BCUT2D eigenvalue weighted by Gasteiger charge is -2.17. The molecule has 0 amide bonds. The smallest absolute Gasteiger partial charge is 0.408 e. The van der Waals surface area contributed by atoms with Gasteiger partial charge < -0.3 is 9.73 Å². The van der Waals surface area contributed by atoms with Crippen LogP contribution in [0.3, 0.4) is 0 Å². The summed E-state index contributed by atoms with van der Waals surface area (Å²) in [5.41, 5.74) is 1.72. The molecule has 0 aliphatic carbocycles. The summed E-state index contributed by atoms with van der Waals surface area (Å²) in [7, 11) is 1.61. The summed E-state index contributed by atoms with van der Waals surface area (Å²) in [5, 5.41) is 2.86.